The van der Waals surface area contributed by atoms with Crippen molar-refractivity contribution in [3.05, 3.63) is 33.3 Å². The molecule has 2 rings (SSSR count). The number of nitrogens with two attached hydrogens (primary N) is 1. The minimum absolute atomic E-state index is 0.0281. The van der Waals surface area contributed by atoms with Gasteiger partial charge in [0, 0.05) is 10.4 Å². The van der Waals surface area contributed by atoms with Gasteiger partial charge in [0.15, 0.2) is 0 Å². The molecule has 1 saturated heterocycles. The van der Waals surface area contributed by atoms with Crippen LogP contribution in [0.1, 0.15) is 45.7 Å². The van der Waals surface area contributed by atoms with Crippen LogP contribution in [0, 0.1) is 5.92 Å². The molecule has 1 heterocycles. The summed E-state index contributed by atoms with van der Waals surface area (Å²) in [6, 6.07) is 5.95. The number of rotatable bonds is 3. The van der Waals surface area contributed by atoms with E-state index < -0.39 is 0 Å². The van der Waals surface area contributed by atoms with Crippen molar-refractivity contribution in [3.63, 3.8) is 0 Å². The second-order valence-corrected chi connectivity index (χ2v) is 7.86. The lowest BCUT2D eigenvalue weighted by molar-refractivity contribution is -0.0779. The third kappa shape index (κ3) is 3.20. The zero-order valence-electron chi connectivity index (χ0n) is 12.3. The van der Waals surface area contributed by atoms with Gasteiger partial charge in [-0.1, -0.05) is 17.7 Å². The van der Waals surface area contributed by atoms with Crippen molar-refractivity contribution < 1.29 is 4.74 Å². The van der Waals surface area contributed by atoms with E-state index in [1.54, 1.807) is 0 Å². The Balaban J connectivity index is 2.35. The van der Waals surface area contributed by atoms with Gasteiger partial charge >= 0.3 is 0 Å². The van der Waals surface area contributed by atoms with E-state index in [0.29, 0.717) is 5.02 Å². The zero-order chi connectivity index (χ0) is 15.1. The maximum atomic E-state index is 6.17. The molecule has 2 atom stereocenters. The molecule has 20 heavy (non-hydrogen) atoms. The highest BCUT2D eigenvalue weighted by Gasteiger charge is 2.49. The molecule has 0 spiro atoms. The first-order valence-electron chi connectivity index (χ1n) is 6.77. The van der Waals surface area contributed by atoms with Crippen LogP contribution < -0.4 is 11.3 Å². The van der Waals surface area contributed by atoms with E-state index in [9.17, 15) is 0 Å². The lowest BCUT2D eigenvalue weighted by Gasteiger charge is -2.33. The fourth-order valence-corrected chi connectivity index (χ4v) is 3.79. The van der Waals surface area contributed by atoms with Gasteiger partial charge in [-0.15, -0.1) is 0 Å². The van der Waals surface area contributed by atoms with E-state index in [4.69, 9.17) is 22.2 Å². The first-order chi connectivity index (χ1) is 9.16. The van der Waals surface area contributed by atoms with Crippen LogP contribution in [-0.2, 0) is 4.74 Å². The van der Waals surface area contributed by atoms with Gasteiger partial charge in [0.25, 0.3) is 0 Å². The van der Waals surface area contributed by atoms with Gasteiger partial charge in [-0.25, -0.2) is 0 Å². The Morgan fingerprint density at radius 3 is 2.50 bits per heavy atom. The average molecular weight is 362 g/mol. The molecule has 3 nitrogen and oxygen atoms in total. The Morgan fingerprint density at radius 1 is 1.40 bits per heavy atom. The van der Waals surface area contributed by atoms with Crippen molar-refractivity contribution in [1.29, 1.82) is 0 Å². The number of hydrogen-bond donors (Lipinski definition) is 2. The molecule has 2 unspecified atom stereocenters. The molecule has 0 aromatic heterocycles. The summed E-state index contributed by atoms with van der Waals surface area (Å²) in [5.41, 5.74) is 3.71. The summed E-state index contributed by atoms with van der Waals surface area (Å²) in [5, 5.41) is 0.701. The predicted molar refractivity (Wildman–Crippen MR) is 86.6 cm³/mol. The molecular weight excluding hydrogens is 340 g/mol. The number of halogens is 2. The molecule has 112 valence electrons. The highest BCUT2D eigenvalue weighted by Crippen LogP contribution is 2.47. The number of ether oxygens (including phenoxy) is 1. The maximum absolute atomic E-state index is 6.17. The highest BCUT2D eigenvalue weighted by molar-refractivity contribution is 9.10. The predicted octanol–water partition coefficient (Wildman–Crippen LogP) is 4.20. The average Bonchev–Trinajstić information content (AvgIpc) is 2.53. The Bertz CT molecular complexity index is 505. The van der Waals surface area contributed by atoms with Gasteiger partial charge in [0.05, 0.1) is 22.3 Å². The summed E-state index contributed by atoms with van der Waals surface area (Å²) in [5.74, 6) is 6.12. The van der Waals surface area contributed by atoms with Gasteiger partial charge in [-0.05, 0) is 67.7 Å². The van der Waals surface area contributed by atoms with Gasteiger partial charge in [0.1, 0.15) is 0 Å². The Morgan fingerprint density at radius 2 is 2.05 bits per heavy atom. The minimum atomic E-state index is -0.230. The molecule has 1 aliphatic rings. The summed E-state index contributed by atoms with van der Waals surface area (Å²) in [6.07, 6.45) is 0.953. The van der Waals surface area contributed by atoms with Crippen molar-refractivity contribution >= 4 is 27.5 Å². The summed E-state index contributed by atoms with van der Waals surface area (Å²) < 4.78 is 7.06. The minimum Gasteiger partial charge on any atom is -0.369 e. The van der Waals surface area contributed by atoms with Crippen LogP contribution in [0.4, 0.5) is 0 Å². The van der Waals surface area contributed by atoms with Crippen molar-refractivity contribution in [1.82, 2.24) is 5.43 Å². The van der Waals surface area contributed by atoms with Crippen LogP contribution in [0.15, 0.2) is 22.7 Å². The summed E-state index contributed by atoms with van der Waals surface area (Å²) in [6.45, 7) is 8.50. The number of hydrogen-bond acceptors (Lipinski definition) is 3. The fourth-order valence-electron chi connectivity index (χ4n) is 3.27. The molecule has 0 amide bonds. The fraction of sp³-hybridized carbons (Fsp3) is 0.600. The SMILES string of the molecule is CC1(C)CC(C(NN)c2ccc(Cl)c(Br)c2)C(C)(C)O1. The van der Waals surface area contributed by atoms with Crippen molar-refractivity contribution in [2.45, 2.75) is 51.4 Å². The summed E-state index contributed by atoms with van der Waals surface area (Å²) in [7, 11) is 0. The third-order valence-corrected chi connectivity index (χ3v) is 5.24. The van der Waals surface area contributed by atoms with Gasteiger partial charge in [0.2, 0.25) is 0 Å². The zero-order valence-corrected chi connectivity index (χ0v) is 14.7. The summed E-state index contributed by atoms with van der Waals surface area (Å²) >= 11 is 9.54. The Labute approximate surface area is 134 Å². The van der Waals surface area contributed by atoms with E-state index in [2.05, 4.69) is 49.1 Å². The molecule has 1 aromatic rings. The molecule has 0 saturated carbocycles. The van der Waals surface area contributed by atoms with Gasteiger partial charge in [-0.2, -0.15) is 0 Å². The monoisotopic (exact) mass is 360 g/mol. The largest absolute Gasteiger partial charge is 0.369 e. The van der Waals surface area contributed by atoms with Crippen molar-refractivity contribution in [2.24, 2.45) is 11.8 Å². The molecule has 3 N–H and O–H groups in total. The Kier molecular flexibility index (Phi) is 4.53. The van der Waals surface area contributed by atoms with Crippen LogP contribution >= 0.6 is 27.5 Å². The standard InChI is InChI=1S/C15H22BrClN2O/c1-14(2)8-10(15(3,4)20-14)13(19-18)9-5-6-12(17)11(16)7-9/h5-7,10,13,19H,8,18H2,1-4H3. The van der Waals surface area contributed by atoms with Crippen molar-refractivity contribution in [3.8, 4) is 0 Å². The second kappa shape index (κ2) is 5.58. The van der Waals surface area contributed by atoms with E-state index in [1.165, 1.54) is 0 Å². The lowest BCUT2D eigenvalue weighted by atomic mass is 9.79. The lowest BCUT2D eigenvalue weighted by Crippen LogP contribution is -2.41. The quantitative estimate of drug-likeness (QED) is 0.626. The van der Waals surface area contributed by atoms with Crippen LogP contribution in [0.25, 0.3) is 0 Å². The number of hydrazine groups is 1. The molecule has 0 radical (unpaired) electrons. The Hall–Kier alpha value is -0.130. The smallest absolute Gasteiger partial charge is 0.0681 e. The molecular formula is C15H22BrClN2O. The van der Waals surface area contributed by atoms with Crippen molar-refractivity contribution in [2.75, 3.05) is 0 Å². The van der Waals surface area contributed by atoms with Crippen LogP contribution in [0.2, 0.25) is 5.02 Å². The molecule has 1 aromatic carbocycles. The number of nitrogens with one attached hydrogen (secondary N) is 1. The normalized spacial score (nSPS) is 25.6. The van der Waals surface area contributed by atoms with Crippen LogP contribution in [-0.4, -0.2) is 11.2 Å². The molecule has 1 fully saturated rings. The third-order valence-electron chi connectivity index (χ3n) is 4.03. The molecule has 0 aliphatic carbocycles. The first kappa shape index (κ1) is 16.2. The van der Waals surface area contributed by atoms with Gasteiger partial charge in [-0.3, -0.25) is 11.3 Å². The molecule has 0 bridgehead atoms. The van der Waals surface area contributed by atoms with E-state index in [0.717, 1.165) is 16.5 Å². The maximum Gasteiger partial charge on any atom is 0.0681 e. The highest BCUT2D eigenvalue weighted by atomic mass is 79.9. The van der Waals surface area contributed by atoms with Crippen LogP contribution in [0.3, 0.4) is 0 Å². The first-order valence-corrected chi connectivity index (χ1v) is 7.95. The topological polar surface area (TPSA) is 47.3 Å². The number of benzene rings is 1. The van der Waals surface area contributed by atoms with E-state index >= 15 is 0 Å². The summed E-state index contributed by atoms with van der Waals surface area (Å²) in [4.78, 5) is 0. The van der Waals surface area contributed by atoms with E-state index in [-0.39, 0.29) is 23.2 Å². The molecule has 1 aliphatic heterocycles. The second-order valence-electron chi connectivity index (χ2n) is 6.59. The molecule has 5 heteroatoms. The van der Waals surface area contributed by atoms with E-state index in [1.807, 2.05) is 18.2 Å². The van der Waals surface area contributed by atoms with Gasteiger partial charge < -0.3 is 4.74 Å². The van der Waals surface area contributed by atoms with Crippen LogP contribution in [0.5, 0.6) is 0 Å².